The number of imide groups is 1. The first-order valence-electron chi connectivity index (χ1n) is 14.3. The van der Waals surface area contributed by atoms with Crippen LogP contribution in [-0.4, -0.2) is 42.9 Å². The van der Waals surface area contributed by atoms with Crippen LogP contribution in [-0.2, 0) is 30.6 Å². The number of nitrogens with one attached hydrogen (secondary N) is 1. The summed E-state index contributed by atoms with van der Waals surface area (Å²) in [6.45, 7) is 0. The lowest BCUT2D eigenvalue weighted by atomic mass is 9.54. The zero-order chi connectivity index (χ0) is 30.8. The second-order valence-electron chi connectivity index (χ2n) is 11.3. The third-order valence-corrected chi connectivity index (χ3v) is 10.5. The first-order chi connectivity index (χ1) is 21.2. The topological polar surface area (TPSA) is 84.9 Å². The normalized spacial score (nSPS) is 25.1. The predicted octanol–water partition coefficient (Wildman–Crippen LogP) is 5.85. The molecule has 1 aliphatic heterocycles. The number of rotatable bonds is 7. The average molecular weight is 628 g/mol. The molecule has 44 heavy (non-hydrogen) atoms. The van der Waals surface area contributed by atoms with Crippen LogP contribution in [0.2, 0.25) is 0 Å². The number of ether oxygens (including phenoxy) is 2. The smallest absolute Gasteiger partial charge is 0.248 e. The van der Waals surface area contributed by atoms with Crippen molar-refractivity contribution in [2.24, 2.45) is 11.8 Å². The van der Waals surface area contributed by atoms with E-state index in [9.17, 15) is 14.4 Å². The molecular weight excluding hydrogens is 599 g/mol. The minimum absolute atomic E-state index is 0.0837. The van der Waals surface area contributed by atoms with E-state index in [1.807, 2.05) is 78.9 Å². The lowest BCUT2D eigenvalue weighted by molar-refractivity contribution is -0.146. The number of nitrogens with zero attached hydrogens (tertiary/aromatic N) is 1. The molecule has 3 aliphatic carbocycles. The highest BCUT2D eigenvalue weighted by molar-refractivity contribution is 6.36. The van der Waals surface area contributed by atoms with Crippen molar-refractivity contribution in [3.8, 4) is 11.5 Å². The molecule has 1 heterocycles. The number of methoxy groups -OCH3 is 2. The SMILES string of the molecule is COc1ccc(OC)c(NC(=O)[C@H](Cc2ccccc2)N2C(=O)[C@@H]3[C@H](C2=O)C2(Cl)c4ccccc4C3(Cl)c3ccccc32)c1. The largest absolute Gasteiger partial charge is 0.497 e. The second kappa shape index (κ2) is 10.4. The first-order valence-corrected chi connectivity index (χ1v) is 15.0. The number of alkyl halides is 2. The van der Waals surface area contributed by atoms with Gasteiger partial charge in [0.1, 0.15) is 27.3 Å². The number of hydrogen-bond donors (Lipinski definition) is 1. The van der Waals surface area contributed by atoms with Crippen LogP contribution in [0, 0.1) is 11.8 Å². The third-order valence-electron chi connectivity index (χ3n) is 9.17. The summed E-state index contributed by atoms with van der Waals surface area (Å²) in [5.41, 5.74) is 3.91. The molecular formula is C35H28Cl2N2O5. The van der Waals surface area contributed by atoms with Crippen LogP contribution in [0.5, 0.6) is 11.5 Å². The molecule has 9 heteroatoms. The van der Waals surface area contributed by atoms with Gasteiger partial charge in [-0.1, -0.05) is 78.9 Å². The van der Waals surface area contributed by atoms with Gasteiger partial charge in [0.2, 0.25) is 17.7 Å². The molecule has 2 bridgehead atoms. The average Bonchev–Trinajstić information content (AvgIpc) is 3.33. The lowest BCUT2D eigenvalue weighted by Crippen LogP contribution is -2.57. The third kappa shape index (κ3) is 3.85. The molecule has 4 aliphatic rings. The highest BCUT2D eigenvalue weighted by Gasteiger charge is 2.73. The summed E-state index contributed by atoms with van der Waals surface area (Å²) in [7, 11) is 3.01. The Kier molecular flexibility index (Phi) is 6.72. The molecule has 1 fully saturated rings. The number of amides is 3. The molecule has 1 saturated heterocycles. The lowest BCUT2D eigenvalue weighted by Gasteiger charge is -2.54. The molecule has 7 nitrogen and oxygen atoms in total. The van der Waals surface area contributed by atoms with Gasteiger partial charge in [-0.25, -0.2) is 0 Å². The summed E-state index contributed by atoms with van der Waals surface area (Å²) < 4.78 is 10.8. The van der Waals surface area contributed by atoms with Crippen molar-refractivity contribution < 1.29 is 23.9 Å². The molecule has 222 valence electrons. The molecule has 3 atom stereocenters. The zero-order valence-electron chi connectivity index (χ0n) is 23.9. The highest BCUT2D eigenvalue weighted by atomic mass is 35.5. The van der Waals surface area contributed by atoms with E-state index in [1.165, 1.54) is 14.2 Å². The van der Waals surface area contributed by atoms with Crippen molar-refractivity contribution in [3.63, 3.8) is 0 Å². The van der Waals surface area contributed by atoms with Gasteiger partial charge in [0.15, 0.2) is 0 Å². The molecule has 4 aromatic rings. The molecule has 0 unspecified atom stereocenters. The van der Waals surface area contributed by atoms with Crippen LogP contribution in [0.4, 0.5) is 5.69 Å². The molecule has 0 spiro atoms. The number of halogens is 2. The van der Waals surface area contributed by atoms with Crippen molar-refractivity contribution >= 4 is 46.6 Å². The number of likely N-dealkylation sites (tertiary alicyclic amines) is 1. The Morgan fingerprint density at radius 1 is 0.773 bits per heavy atom. The van der Waals surface area contributed by atoms with Crippen LogP contribution in [0.15, 0.2) is 97.1 Å². The summed E-state index contributed by atoms with van der Waals surface area (Å²) in [4.78, 5) is 41.9. The summed E-state index contributed by atoms with van der Waals surface area (Å²) >= 11 is 15.2. The summed E-state index contributed by atoms with van der Waals surface area (Å²) in [6.07, 6.45) is 0.0837. The second-order valence-corrected chi connectivity index (χ2v) is 12.5. The minimum Gasteiger partial charge on any atom is -0.497 e. The Bertz CT molecular complexity index is 1710. The molecule has 1 N–H and O–H groups in total. The summed E-state index contributed by atoms with van der Waals surface area (Å²) in [5, 5.41) is 2.89. The van der Waals surface area contributed by atoms with Gasteiger partial charge < -0.3 is 14.8 Å². The fourth-order valence-electron chi connectivity index (χ4n) is 7.26. The van der Waals surface area contributed by atoms with E-state index in [0.717, 1.165) is 10.5 Å². The van der Waals surface area contributed by atoms with Crippen molar-refractivity contribution in [3.05, 3.63) is 125 Å². The Labute approximate surface area is 264 Å². The van der Waals surface area contributed by atoms with E-state index >= 15 is 0 Å². The minimum atomic E-state index is -1.35. The van der Waals surface area contributed by atoms with Crippen molar-refractivity contribution in [2.45, 2.75) is 22.2 Å². The van der Waals surface area contributed by atoms with Gasteiger partial charge in [-0.3, -0.25) is 19.3 Å². The fourth-order valence-corrected chi connectivity index (χ4v) is 8.36. The first kappa shape index (κ1) is 28.4. The van der Waals surface area contributed by atoms with E-state index in [2.05, 4.69) is 5.32 Å². The van der Waals surface area contributed by atoms with Gasteiger partial charge in [-0.15, -0.1) is 23.2 Å². The van der Waals surface area contributed by atoms with Crippen molar-refractivity contribution in [2.75, 3.05) is 19.5 Å². The molecule has 3 amide bonds. The van der Waals surface area contributed by atoms with Gasteiger partial charge >= 0.3 is 0 Å². The number of anilines is 1. The maximum Gasteiger partial charge on any atom is 0.248 e. The fraction of sp³-hybridized carbons (Fsp3) is 0.229. The Morgan fingerprint density at radius 3 is 1.75 bits per heavy atom. The molecule has 4 aromatic carbocycles. The standard InChI is InChI=1S/C35H28Cl2N2O5/c1-43-21-16-17-28(44-2)26(19-21)38-31(40)27(18-20-10-4-3-5-11-20)39-32(41)29-30(33(39)42)35(37)23-13-7-6-12-22(23)34(29,36)24-14-8-9-15-25(24)35/h3-17,19,27,29-30H,18H2,1-2H3,(H,38,40)/t27-,29-,30+,34?,35?/m0/s1. The maximum atomic E-state index is 14.7. The zero-order valence-corrected chi connectivity index (χ0v) is 25.4. The Hall–Kier alpha value is -4.33. The van der Waals surface area contributed by atoms with Gasteiger partial charge in [-0.05, 0) is 39.9 Å². The summed E-state index contributed by atoms with van der Waals surface area (Å²) in [5.74, 6) is -2.76. The van der Waals surface area contributed by atoms with Crippen LogP contribution in [0.25, 0.3) is 0 Å². The van der Waals surface area contributed by atoms with Crippen LogP contribution in [0.1, 0.15) is 27.8 Å². The van der Waals surface area contributed by atoms with E-state index in [4.69, 9.17) is 32.7 Å². The van der Waals surface area contributed by atoms with Gasteiger partial charge in [0, 0.05) is 12.5 Å². The van der Waals surface area contributed by atoms with Crippen LogP contribution in [0.3, 0.4) is 0 Å². The van der Waals surface area contributed by atoms with Crippen LogP contribution >= 0.6 is 23.2 Å². The Morgan fingerprint density at radius 2 is 1.27 bits per heavy atom. The molecule has 0 saturated carbocycles. The highest BCUT2D eigenvalue weighted by Crippen LogP contribution is 2.69. The predicted molar refractivity (Wildman–Crippen MR) is 167 cm³/mol. The molecule has 8 rings (SSSR count). The number of carbonyl (C=O) groups excluding carboxylic acids is 3. The maximum absolute atomic E-state index is 14.7. The van der Waals surface area contributed by atoms with E-state index in [1.54, 1.807) is 18.2 Å². The Balaban J connectivity index is 1.36. The van der Waals surface area contributed by atoms with E-state index in [-0.39, 0.29) is 6.42 Å². The molecule has 0 radical (unpaired) electrons. The monoisotopic (exact) mass is 626 g/mol. The van der Waals surface area contributed by atoms with E-state index in [0.29, 0.717) is 39.4 Å². The van der Waals surface area contributed by atoms with Gasteiger partial charge in [0.25, 0.3) is 0 Å². The van der Waals surface area contributed by atoms with Gasteiger partial charge in [-0.2, -0.15) is 0 Å². The van der Waals surface area contributed by atoms with Crippen molar-refractivity contribution in [1.82, 2.24) is 4.90 Å². The van der Waals surface area contributed by atoms with Crippen molar-refractivity contribution in [1.29, 1.82) is 0 Å². The quantitative estimate of drug-likeness (QED) is 0.206. The van der Waals surface area contributed by atoms with E-state index < -0.39 is 45.3 Å². The number of hydrogen-bond acceptors (Lipinski definition) is 5. The number of carbonyl (C=O) groups is 3. The van der Waals surface area contributed by atoms with Crippen LogP contribution < -0.4 is 14.8 Å². The summed E-state index contributed by atoms with van der Waals surface area (Å²) in [6, 6.07) is 28.0. The molecule has 0 aromatic heterocycles. The van der Waals surface area contributed by atoms with Gasteiger partial charge in [0.05, 0.1) is 31.7 Å². The number of benzene rings is 4.